The van der Waals surface area contributed by atoms with Gasteiger partial charge >= 0.3 is 11.9 Å². The zero-order valence-corrected chi connectivity index (χ0v) is 9.54. The van der Waals surface area contributed by atoms with Gasteiger partial charge in [0.05, 0.1) is 17.7 Å². The van der Waals surface area contributed by atoms with Crippen molar-refractivity contribution < 1.29 is 19.4 Å². The lowest BCUT2D eigenvalue weighted by molar-refractivity contribution is 0.0600. The van der Waals surface area contributed by atoms with Crippen LogP contribution in [0.3, 0.4) is 0 Å². The first-order chi connectivity index (χ1) is 8.02. The van der Waals surface area contributed by atoms with E-state index in [0.29, 0.717) is 10.9 Å². The first-order valence-corrected chi connectivity index (χ1v) is 5.04. The van der Waals surface area contributed by atoms with Gasteiger partial charge in [0.1, 0.15) is 5.69 Å². The largest absolute Gasteiger partial charge is 0.477 e. The van der Waals surface area contributed by atoms with Gasteiger partial charge in [-0.25, -0.2) is 9.59 Å². The number of esters is 1. The van der Waals surface area contributed by atoms with Crippen molar-refractivity contribution in [1.29, 1.82) is 0 Å². The van der Waals surface area contributed by atoms with Crippen molar-refractivity contribution in [3.63, 3.8) is 0 Å². The Kier molecular flexibility index (Phi) is 2.77. The second-order valence-corrected chi connectivity index (χ2v) is 3.81. The predicted octanol–water partition coefficient (Wildman–Crippen LogP) is 2.31. The van der Waals surface area contributed by atoms with Crippen molar-refractivity contribution in [2.75, 3.05) is 7.11 Å². The number of ether oxygens (including phenoxy) is 1. The molecule has 0 aliphatic carbocycles. The number of hydrogen-bond donors (Lipinski definition) is 2. The molecule has 0 atom stereocenters. The molecule has 1 aromatic heterocycles. The monoisotopic (exact) mass is 253 g/mol. The minimum Gasteiger partial charge on any atom is -0.477 e. The van der Waals surface area contributed by atoms with Crippen LogP contribution in [-0.2, 0) is 4.74 Å². The lowest BCUT2D eigenvalue weighted by Crippen LogP contribution is -2.01. The number of H-pyrrole nitrogens is 1. The third-order valence-electron chi connectivity index (χ3n) is 2.34. The van der Waals surface area contributed by atoms with E-state index in [9.17, 15) is 9.59 Å². The molecule has 0 bridgehead atoms. The third-order valence-corrected chi connectivity index (χ3v) is 2.66. The van der Waals surface area contributed by atoms with Gasteiger partial charge in [0.2, 0.25) is 0 Å². The number of fused-ring (bicyclic) bond motifs is 1. The molecule has 1 heterocycles. The maximum Gasteiger partial charge on any atom is 0.352 e. The molecule has 2 N–H and O–H groups in total. The highest BCUT2D eigenvalue weighted by Crippen LogP contribution is 2.25. The van der Waals surface area contributed by atoms with Crippen LogP contribution in [-0.4, -0.2) is 29.1 Å². The van der Waals surface area contributed by atoms with Crippen LogP contribution in [0.4, 0.5) is 0 Å². The molecule has 88 valence electrons. The van der Waals surface area contributed by atoms with Crippen molar-refractivity contribution in [3.8, 4) is 0 Å². The molecule has 0 spiro atoms. The molecule has 1 aromatic carbocycles. The topological polar surface area (TPSA) is 79.4 Å². The Morgan fingerprint density at radius 3 is 2.65 bits per heavy atom. The average Bonchev–Trinajstić information content (AvgIpc) is 2.69. The number of rotatable bonds is 2. The quantitative estimate of drug-likeness (QED) is 0.805. The Balaban J connectivity index is 2.63. The average molecular weight is 254 g/mol. The number of aromatic nitrogens is 1. The summed E-state index contributed by atoms with van der Waals surface area (Å²) in [7, 11) is 1.25. The Hall–Kier alpha value is -2.01. The molecule has 0 saturated heterocycles. The van der Waals surface area contributed by atoms with Crippen molar-refractivity contribution in [3.05, 3.63) is 34.5 Å². The van der Waals surface area contributed by atoms with E-state index < -0.39 is 11.9 Å². The minimum absolute atomic E-state index is 0.0399. The Morgan fingerprint density at radius 2 is 2.06 bits per heavy atom. The number of nitrogens with one attached hydrogen (secondary N) is 1. The second kappa shape index (κ2) is 4.10. The molecule has 5 nitrogen and oxygen atoms in total. The summed E-state index contributed by atoms with van der Waals surface area (Å²) < 4.78 is 4.57. The highest BCUT2D eigenvalue weighted by atomic mass is 35.5. The number of carbonyl (C=O) groups is 2. The zero-order valence-electron chi connectivity index (χ0n) is 8.78. The van der Waals surface area contributed by atoms with E-state index in [4.69, 9.17) is 16.7 Å². The first kappa shape index (κ1) is 11.5. The summed E-state index contributed by atoms with van der Waals surface area (Å²) in [6, 6.07) is 4.44. The van der Waals surface area contributed by atoms with Crippen LogP contribution in [0.15, 0.2) is 18.2 Å². The first-order valence-electron chi connectivity index (χ1n) is 4.67. The van der Waals surface area contributed by atoms with E-state index in [1.165, 1.54) is 25.3 Å². The summed E-state index contributed by atoms with van der Waals surface area (Å²) in [5, 5.41) is 9.67. The standard InChI is InChI=1S/C11H8ClNO4/c1-17-11(16)6-4-8-5(2-7(6)12)3-9(13-8)10(14)15/h2-4,13H,1H3,(H,14,15). The molecule has 17 heavy (non-hydrogen) atoms. The normalized spacial score (nSPS) is 10.5. The molecule has 0 radical (unpaired) electrons. The third kappa shape index (κ3) is 1.97. The predicted molar refractivity (Wildman–Crippen MR) is 61.6 cm³/mol. The van der Waals surface area contributed by atoms with Crippen LogP contribution in [0.25, 0.3) is 10.9 Å². The highest BCUT2D eigenvalue weighted by molar-refractivity contribution is 6.34. The van der Waals surface area contributed by atoms with Crippen LogP contribution in [0.1, 0.15) is 20.8 Å². The summed E-state index contributed by atoms with van der Waals surface area (Å²) in [6.07, 6.45) is 0. The van der Waals surface area contributed by atoms with Crippen molar-refractivity contribution in [2.24, 2.45) is 0 Å². The number of methoxy groups -OCH3 is 1. The smallest absolute Gasteiger partial charge is 0.352 e. The maximum absolute atomic E-state index is 11.4. The van der Waals surface area contributed by atoms with Gasteiger partial charge in [-0.1, -0.05) is 11.6 Å². The van der Waals surface area contributed by atoms with E-state index >= 15 is 0 Å². The van der Waals surface area contributed by atoms with Crippen LogP contribution in [0.2, 0.25) is 5.02 Å². The fraction of sp³-hybridized carbons (Fsp3) is 0.0909. The summed E-state index contributed by atoms with van der Waals surface area (Å²) in [6.45, 7) is 0. The molecular formula is C11H8ClNO4. The number of hydrogen-bond acceptors (Lipinski definition) is 3. The second-order valence-electron chi connectivity index (χ2n) is 3.40. The van der Waals surface area contributed by atoms with Gasteiger partial charge in [0, 0.05) is 10.9 Å². The number of halogens is 1. The summed E-state index contributed by atoms with van der Waals surface area (Å²) in [4.78, 5) is 24.8. The van der Waals surface area contributed by atoms with E-state index in [0.717, 1.165) is 0 Å². The van der Waals surface area contributed by atoms with Crippen molar-refractivity contribution >= 4 is 34.4 Å². The maximum atomic E-state index is 11.4. The summed E-state index contributed by atoms with van der Waals surface area (Å²) >= 11 is 5.90. The molecule has 0 fully saturated rings. The number of carboxylic acid groups (broad SMARTS) is 1. The van der Waals surface area contributed by atoms with Crippen LogP contribution < -0.4 is 0 Å². The lowest BCUT2D eigenvalue weighted by atomic mass is 10.1. The highest BCUT2D eigenvalue weighted by Gasteiger charge is 2.14. The molecule has 0 saturated carbocycles. The van der Waals surface area contributed by atoms with Crippen LogP contribution >= 0.6 is 11.6 Å². The molecule has 0 amide bonds. The van der Waals surface area contributed by atoms with Gasteiger partial charge in [-0.15, -0.1) is 0 Å². The number of aromatic amines is 1. The van der Waals surface area contributed by atoms with E-state index in [1.807, 2.05) is 0 Å². The SMILES string of the molecule is COC(=O)c1cc2[nH]c(C(=O)O)cc2cc1Cl. The van der Waals surface area contributed by atoms with Crippen molar-refractivity contribution in [2.45, 2.75) is 0 Å². The molecule has 0 aliphatic rings. The van der Waals surface area contributed by atoms with Crippen LogP contribution in [0, 0.1) is 0 Å². The van der Waals surface area contributed by atoms with Crippen molar-refractivity contribution in [1.82, 2.24) is 4.98 Å². The number of aromatic carboxylic acids is 1. The Morgan fingerprint density at radius 1 is 1.35 bits per heavy atom. The molecule has 2 aromatic rings. The summed E-state index contributed by atoms with van der Waals surface area (Å²) in [5.74, 6) is -1.64. The van der Waals surface area contributed by atoms with Gasteiger partial charge < -0.3 is 14.8 Å². The molecule has 0 unspecified atom stereocenters. The lowest BCUT2D eigenvalue weighted by Gasteiger charge is -2.01. The number of benzene rings is 1. The zero-order chi connectivity index (χ0) is 12.6. The number of carboxylic acids is 1. The fourth-order valence-corrected chi connectivity index (χ4v) is 1.78. The number of carbonyl (C=O) groups excluding carboxylic acids is 1. The van der Waals surface area contributed by atoms with E-state index in [-0.39, 0.29) is 16.3 Å². The Labute approximate surface area is 101 Å². The van der Waals surface area contributed by atoms with E-state index in [1.54, 1.807) is 0 Å². The van der Waals surface area contributed by atoms with Gasteiger partial charge in [-0.05, 0) is 18.2 Å². The molecule has 2 rings (SSSR count). The van der Waals surface area contributed by atoms with Gasteiger partial charge in [-0.2, -0.15) is 0 Å². The van der Waals surface area contributed by atoms with Gasteiger partial charge in [-0.3, -0.25) is 0 Å². The molecular weight excluding hydrogens is 246 g/mol. The molecule has 0 aliphatic heterocycles. The van der Waals surface area contributed by atoms with Gasteiger partial charge in [0.25, 0.3) is 0 Å². The van der Waals surface area contributed by atoms with Crippen LogP contribution in [0.5, 0.6) is 0 Å². The minimum atomic E-state index is -1.07. The molecule has 6 heteroatoms. The van der Waals surface area contributed by atoms with E-state index in [2.05, 4.69) is 9.72 Å². The fourth-order valence-electron chi connectivity index (χ4n) is 1.53. The summed E-state index contributed by atoms with van der Waals surface area (Å²) in [5.41, 5.74) is 0.755. The van der Waals surface area contributed by atoms with Gasteiger partial charge in [0.15, 0.2) is 0 Å². The Bertz CT molecular complexity index is 617.